The van der Waals surface area contributed by atoms with Crippen molar-refractivity contribution in [2.75, 3.05) is 13.2 Å². The Morgan fingerprint density at radius 1 is 0.893 bits per heavy atom. The van der Waals surface area contributed by atoms with Crippen LogP contribution in [0.4, 0.5) is 0 Å². The zero-order valence-corrected chi connectivity index (χ0v) is 15.4. The van der Waals surface area contributed by atoms with Gasteiger partial charge in [0, 0.05) is 22.3 Å². The maximum atomic E-state index is 11.4. The van der Waals surface area contributed by atoms with E-state index in [2.05, 4.69) is 5.16 Å². The Hall–Kier alpha value is -3.60. The number of benzene rings is 2. The molecule has 0 bridgehead atoms. The van der Waals surface area contributed by atoms with E-state index in [1.54, 1.807) is 19.1 Å². The van der Waals surface area contributed by atoms with Crippen molar-refractivity contribution in [2.45, 2.75) is 6.92 Å². The first-order valence-electron chi connectivity index (χ1n) is 9.09. The summed E-state index contributed by atoms with van der Waals surface area (Å²) in [5.74, 6) is 0.953. The van der Waals surface area contributed by atoms with Crippen LogP contribution < -0.4 is 4.74 Å². The summed E-state index contributed by atoms with van der Waals surface area (Å²) in [6, 6.07) is 23.4. The highest BCUT2D eigenvalue weighted by atomic mass is 16.6. The van der Waals surface area contributed by atoms with Crippen molar-refractivity contribution in [1.82, 2.24) is 5.16 Å². The zero-order valence-electron chi connectivity index (χ0n) is 15.4. The molecule has 1 heterocycles. The number of carbonyl (C=O) groups is 1. The molecule has 0 N–H and O–H groups in total. The highest BCUT2D eigenvalue weighted by molar-refractivity contribution is 5.89. The quantitative estimate of drug-likeness (QED) is 0.442. The summed E-state index contributed by atoms with van der Waals surface area (Å²) < 4.78 is 16.1. The Kier molecular flexibility index (Phi) is 5.06. The van der Waals surface area contributed by atoms with Gasteiger partial charge in [-0.1, -0.05) is 53.7 Å². The fourth-order valence-corrected chi connectivity index (χ4v) is 3.07. The van der Waals surface area contributed by atoms with Gasteiger partial charge in [-0.2, -0.15) is 0 Å². The van der Waals surface area contributed by atoms with Crippen LogP contribution in [0.1, 0.15) is 6.92 Å². The van der Waals surface area contributed by atoms with E-state index in [1.807, 2.05) is 60.7 Å². The van der Waals surface area contributed by atoms with Crippen LogP contribution >= 0.6 is 0 Å². The summed E-state index contributed by atoms with van der Waals surface area (Å²) in [6.07, 6.45) is 0. The minimum absolute atomic E-state index is 0.111. The van der Waals surface area contributed by atoms with Gasteiger partial charge in [0.05, 0.1) is 6.61 Å². The third kappa shape index (κ3) is 3.60. The number of aromatic nitrogens is 1. The molecule has 0 saturated heterocycles. The third-order valence-corrected chi connectivity index (χ3v) is 4.37. The number of hydrogen-bond acceptors (Lipinski definition) is 5. The lowest BCUT2D eigenvalue weighted by Gasteiger charge is -2.11. The Balaban J connectivity index is 1.60. The summed E-state index contributed by atoms with van der Waals surface area (Å²) in [5.41, 5.74) is 4.68. The standard InChI is InChI=1S/C23H19NO4/c1-2-26-21(25)15-27-18-13-11-16(12-14-18)22-19-9-6-10-20(19)23(28-24-22)17-7-4-3-5-8-17/h3-14H,2,15H2,1H3. The van der Waals surface area contributed by atoms with Gasteiger partial charge in [-0.15, -0.1) is 0 Å². The van der Waals surface area contributed by atoms with E-state index >= 15 is 0 Å². The minimum atomic E-state index is -0.387. The highest BCUT2D eigenvalue weighted by Gasteiger charge is 2.19. The molecule has 0 radical (unpaired) electrons. The first-order valence-corrected chi connectivity index (χ1v) is 9.09. The van der Waals surface area contributed by atoms with Crippen LogP contribution in [0.2, 0.25) is 0 Å². The second-order valence-electron chi connectivity index (χ2n) is 6.20. The van der Waals surface area contributed by atoms with Crippen molar-refractivity contribution in [3.05, 3.63) is 72.8 Å². The van der Waals surface area contributed by atoms with Gasteiger partial charge < -0.3 is 14.0 Å². The summed E-state index contributed by atoms with van der Waals surface area (Å²) in [7, 11) is 0. The fraction of sp³-hybridized carbons (Fsp3) is 0.130. The normalized spacial score (nSPS) is 10.8. The van der Waals surface area contributed by atoms with Crippen LogP contribution in [0.3, 0.4) is 0 Å². The molecule has 2 aliphatic rings. The van der Waals surface area contributed by atoms with Gasteiger partial charge in [0.25, 0.3) is 0 Å². The Labute approximate surface area is 162 Å². The van der Waals surface area contributed by atoms with E-state index < -0.39 is 0 Å². The molecule has 1 aliphatic carbocycles. The first kappa shape index (κ1) is 17.8. The zero-order chi connectivity index (χ0) is 19.3. The predicted molar refractivity (Wildman–Crippen MR) is 106 cm³/mol. The molecular formula is C23H19NO4. The van der Waals surface area contributed by atoms with Crippen LogP contribution in [0.25, 0.3) is 33.7 Å². The van der Waals surface area contributed by atoms with Crippen molar-refractivity contribution in [2.24, 2.45) is 0 Å². The molecule has 5 heteroatoms. The lowest BCUT2D eigenvalue weighted by molar-refractivity contribution is -0.145. The first-order chi connectivity index (χ1) is 13.8. The van der Waals surface area contributed by atoms with E-state index in [1.165, 1.54) is 0 Å². The summed E-state index contributed by atoms with van der Waals surface area (Å²) >= 11 is 0. The van der Waals surface area contributed by atoms with Gasteiger partial charge in [0.2, 0.25) is 0 Å². The van der Waals surface area contributed by atoms with Crippen molar-refractivity contribution >= 4 is 5.97 Å². The maximum absolute atomic E-state index is 11.4. The molecule has 28 heavy (non-hydrogen) atoms. The van der Waals surface area contributed by atoms with Crippen LogP contribution in [0, 0.1) is 0 Å². The molecular weight excluding hydrogens is 354 g/mol. The van der Waals surface area contributed by atoms with Gasteiger partial charge >= 0.3 is 5.97 Å². The number of carbonyl (C=O) groups excluding carboxylic acids is 1. The highest BCUT2D eigenvalue weighted by Crippen LogP contribution is 2.39. The number of hydrogen-bond donors (Lipinski definition) is 0. The molecule has 0 atom stereocenters. The molecule has 2 aromatic carbocycles. The number of esters is 1. The number of fused-ring (bicyclic) bond motifs is 1. The number of rotatable bonds is 6. The van der Waals surface area contributed by atoms with E-state index in [9.17, 15) is 4.79 Å². The summed E-state index contributed by atoms with van der Waals surface area (Å²) in [5, 5.41) is 4.36. The lowest BCUT2D eigenvalue weighted by atomic mass is 9.99. The van der Waals surface area contributed by atoms with Crippen molar-refractivity contribution in [1.29, 1.82) is 0 Å². The van der Waals surface area contributed by atoms with Gasteiger partial charge in [0.15, 0.2) is 12.4 Å². The largest absolute Gasteiger partial charge is 0.482 e. The van der Waals surface area contributed by atoms with E-state index in [-0.39, 0.29) is 12.6 Å². The van der Waals surface area contributed by atoms with E-state index in [0.29, 0.717) is 12.4 Å². The molecule has 1 aliphatic heterocycles. The molecule has 2 aromatic rings. The third-order valence-electron chi connectivity index (χ3n) is 4.37. The molecule has 0 amide bonds. The summed E-state index contributed by atoms with van der Waals surface area (Å²) in [6.45, 7) is 1.99. The van der Waals surface area contributed by atoms with Gasteiger partial charge in [0.1, 0.15) is 11.4 Å². The van der Waals surface area contributed by atoms with Gasteiger partial charge in [-0.25, -0.2) is 4.79 Å². The predicted octanol–water partition coefficient (Wildman–Crippen LogP) is 5.06. The van der Waals surface area contributed by atoms with Crippen molar-refractivity contribution < 1.29 is 18.8 Å². The van der Waals surface area contributed by atoms with Gasteiger partial charge in [-0.05, 0) is 31.2 Å². The number of ether oxygens (including phenoxy) is 2. The Bertz CT molecular complexity index is 1040. The topological polar surface area (TPSA) is 61.6 Å². The molecule has 4 rings (SSSR count). The molecule has 5 nitrogen and oxygen atoms in total. The second-order valence-corrected chi connectivity index (χ2v) is 6.20. The Morgan fingerprint density at radius 2 is 1.64 bits per heavy atom. The average molecular weight is 373 g/mol. The van der Waals surface area contributed by atoms with E-state index in [0.717, 1.165) is 33.7 Å². The van der Waals surface area contributed by atoms with E-state index in [4.69, 9.17) is 14.0 Å². The SMILES string of the molecule is CCOC(=O)COc1ccc(-c2noc(-c3ccccc3)c3cccc2-3)cc1. The van der Waals surface area contributed by atoms with Crippen LogP contribution in [-0.4, -0.2) is 24.3 Å². The van der Waals surface area contributed by atoms with Crippen molar-refractivity contribution in [3.8, 4) is 39.5 Å². The lowest BCUT2D eigenvalue weighted by Crippen LogP contribution is -2.14. The average Bonchev–Trinajstić information content (AvgIpc) is 3.23. The number of nitrogens with zero attached hydrogens (tertiary/aromatic N) is 1. The van der Waals surface area contributed by atoms with Crippen molar-refractivity contribution in [3.63, 3.8) is 0 Å². The molecule has 0 saturated carbocycles. The molecule has 0 unspecified atom stereocenters. The smallest absolute Gasteiger partial charge is 0.344 e. The fourth-order valence-electron chi connectivity index (χ4n) is 3.07. The minimum Gasteiger partial charge on any atom is -0.482 e. The van der Waals surface area contributed by atoms with Crippen LogP contribution in [-0.2, 0) is 9.53 Å². The van der Waals surface area contributed by atoms with Gasteiger partial charge in [-0.3, -0.25) is 0 Å². The molecule has 140 valence electrons. The summed E-state index contributed by atoms with van der Waals surface area (Å²) in [4.78, 5) is 11.4. The van der Waals surface area contributed by atoms with Crippen LogP contribution in [0.15, 0.2) is 77.3 Å². The Morgan fingerprint density at radius 3 is 2.39 bits per heavy atom. The molecule has 0 spiro atoms. The van der Waals surface area contributed by atoms with Crippen LogP contribution in [0.5, 0.6) is 5.75 Å². The molecule has 0 fully saturated rings. The monoisotopic (exact) mass is 373 g/mol. The maximum Gasteiger partial charge on any atom is 0.344 e. The second kappa shape index (κ2) is 7.96. The molecule has 0 aromatic heterocycles.